The molecule has 2 nitrogen and oxygen atoms in total. The quantitative estimate of drug-likeness (QED) is 0.879. The number of hydrogen-bond donors (Lipinski definition) is 1. The van der Waals surface area contributed by atoms with Gasteiger partial charge in [-0.3, -0.25) is 4.90 Å². The van der Waals surface area contributed by atoms with Crippen LogP contribution in [0.5, 0.6) is 0 Å². The number of rotatable bonds is 4. The molecule has 1 aliphatic heterocycles. The molecule has 0 unspecified atom stereocenters. The molecule has 1 N–H and O–H groups in total. The second-order valence-corrected chi connectivity index (χ2v) is 6.01. The Hall–Kier alpha value is -0.860. The van der Waals surface area contributed by atoms with Crippen molar-refractivity contribution in [2.24, 2.45) is 5.92 Å². The number of nitrogens with zero attached hydrogens (tertiary/aromatic N) is 1. The van der Waals surface area contributed by atoms with Gasteiger partial charge < -0.3 is 5.32 Å². The lowest BCUT2D eigenvalue weighted by Gasteiger charge is -2.40. The Kier molecular flexibility index (Phi) is 4.79. The predicted molar refractivity (Wildman–Crippen MR) is 77.6 cm³/mol. The van der Waals surface area contributed by atoms with Gasteiger partial charge in [0.25, 0.3) is 0 Å². The molecule has 0 amide bonds. The molecule has 0 saturated carbocycles. The number of benzene rings is 1. The van der Waals surface area contributed by atoms with Gasteiger partial charge in [0.1, 0.15) is 0 Å². The van der Waals surface area contributed by atoms with Crippen LogP contribution in [0.15, 0.2) is 30.3 Å². The lowest BCUT2D eigenvalue weighted by Crippen LogP contribution is -2.55. The largest absolute Gasteiger partial charge is 0.311 e. The van der Waals surface area contributed by atoms with E-state index in [4.69, 9.17) is 0 Å². The third kappa shape index (κ3) is 3.82. The number of hydrogen-bond acceptors (Lipinski definition) is 2. The molecular weight excluding hydrogens is 220 g/mol. The van der Waals surface area contributed by atoms with Gasteiger partial charge >= 0.3 is 0 Å². The summed E-state index contributed by atoms with van der Waals surface area (Å²) in [4.78, 5) is 2.65. The Morgan fingerprint density at radius 3 is 2.67 bits per heavy atom. The lowest BCUT2D eigenvalue weighted by molar-refractivity contribution is 0.111. The average molecular weight is 246 g/mol. The molecule has 0 aliphatic carbocycles. The molecule has 18 heavy (non-hydrogen) atoms. The van der Waals surface area contributed by atoms with Crippen molar-refractivity contribution in [2.45, 2.75) is 45.8 Å². The Bertz CT molecular complexity index is 347. The zero-order valence-electron chi connectivity index (χ0n) is 11.9. The van der Waals surface area contributed by atoms with E-state index >= 15 is 0 Å². The second-order valence-electron chi connectivity index (χ2n) is 6.01. The van der Waals surface area contributed by atoms with Crippen LogP contribution < -0.4 is 5.32 Å². The summed E-state index contributed by atoms with van der Waals surface area (Å²) in [6, 6.07) is 12.1. The van der Waals surface area contributed by atoms with Crippen LogP contribution in [0.1, 0.15) is 32.8 Å². The average Bonchev–Trinajstić information content (AvgIpc) is 2.33. The van der Waals surface area contributed by atoms with Gasteiger partial charge in [-0.1, -0.05) is 44.2 Å². The molecule has 0 radical (unpaired) electrons. The standard InChI is InChI=1S/C16H26N2/c1-13(2)9-16-10-17-14(3)11-18(16)12-15-7-5-4-6-8-15/h4-8,13-14,16-17H,9-12H2,1-3H3/t14-,16-/m0/s1. The highest BCUT2D eigenvalue weighted by Gasteiger charge is 2.26. The third-order valence-electron chi connectivity index (χ3n) is 3.70. The van der Waals surface area contributed by atoms with E-state index < -0.39 is 0 Å². The highest BCUT2D eigenvalue weighted by molar-refractivity contribution is 5.14. The summed E-state index contributed by atoms with van der Waals surface area (Å²) < 4.78 is 0. The van der Waals surface area contributed by atoms with Crippen molar-refractivity contribution in [1.29, 1.82) is 0 Å². The molecule has 1 heterocycles. The summed E-state index contributed by atoms with van der Waals surface area (Å²) in [5, 5.41) is 3.61. The topological polar surface area (TPSA) is 15.3 Å². The zero-order valence-corrected chi connectivity index (χ0v) is 11.9. The Labute approximate surface area is 111 Å². The molecule has 0 bridgehead atoms. The molecule has 0 spiro atoms. The highest BCUT2D eigenvalue weighted by Crippen LogP contribution is 2.18. The van der Waals surface area contributed by atoms with E-state index in [9.17, 15) is 0 Å². The first-order chi connectivity index (χ1) is 8.65. The summed E-state index contributed by atoms with van der Waals surface area (Å²) in [5.41, 5.74) is 1.43. The van der Waals surface area contributed by atoms with Crippen molar-refractivity contribution in [1.82, 2.24) is 10.2 Å². The summed E-state index contributed by atoms with van der Waals surface area (Å²) >= 11 is 0. The molecule has 0 aromatic heterocycles. The fraction of sp³-hybridized carbons (Fsp3) is 0.625. The molecular formula is C16H26N2. The van der Waals surface area contributed by atoms with Crippen LogP contribution in [0.25, 0.3) is 0 Å². The number of piperazine rings is 1. The van der Waals surface area contributed by atoms with E-state index in [0.29, 0.717) is 12.1 Å². The summed E-state index contributed by atoms with van der Waals surface area (Å²) in [6.45, 7) is 10.3. The molecule has 1 aromatic rings. The van der Waals surface area contributed by atoms with Crippen molar-refractivity contribution in [3.05, 3.63) is 35.9 Å². The monoisotopic (exact) mass is 246 g/mol. The minimum absolute atomic E-state index is 0.608. The van der Waals surface area contributed by atoms with E-state index in [2.05, 4.69) is 61.3 Å². The third-order valence-corrected chi connectivity index (χ3v) is 3.70. The van der Waals surface area contributed by atoms with Gasteiger partial charge in [0.15, 0.2) is 0 Å². The van der Waals surface area contributed by atoms with Crippen molar-refractivity contribution in [2.75, 3.05) is 13.1 Å². The van der Waals surface area contributed by atoms with E-state index in [0.717, 1.165) is 25.6 Å². The zero-order chi connectivity index (χ0) is 13.0. The van der Waals surface area contributed by atoms with Crippen LogP contribution in [0.2, 0.25) is 0 Å². The van der Waals surface area contributed by atoms with E-state index in [1.807, 2.05) is 0 Å². The normalized spacial score (nSPS) is 25.6. The number of nitrogens with one attached hydrogen (secondary N) is 1. The Morgan fingerprint density at radius 1 is 1.28 bits per heavy atom. The van der Waals surface area contributed by atoms with Gasteiger partial charge in [-0.25, -0.2) is 0 Å². The van der Waals surface area contributed by atoms with Gasteiger partial charge in [-0.05, 0) is 24.8 Å². The SMILES string of the molecule is CC(C)C[C@H]1CN[C@@H](C)CN1Cc1ccccc1. The molecule has 2 heteroatoms. The fourth-order valence-electron chi connectivity index (χ4n) is 2.82. The first-order valence-electron chi connectivity index (χ1n) is 7.16. The second kappa shape index (κ2) is 6.35. The van der Waals surface area contributed by atoms with Crippen LogP contribution in [0, 0.1) is 5.92 Å². The Balaban J connectivity index is 2.01. The lowest BCUT2D eigenvalue weighted by atomic mass is 9.98. The van der Waals surface area contributed by atoms with Gasteiger partial charge in [0.05, 0.1) is 0 Å². The predicted octanol–water partition coefficient (Wildman–Crippen LogP) is 2.90. The maximum atomic E-state index is 3.61. The first kappa shape index (κ1) is 13.6. The summed E-state index contributed by atoms with van der Waals surface area (Å²) in [5.74, 6) is 0.767. The Morgan fingerprint density at radius 2 is 2.00 bits per heavy atom. The van der Waals surface area contributed by atoms with Gasteiger partial charge in [0.2, 0.25) is 0 Å². The molecule has 1 aliphatic rings. The van der Waals surface area contributed by atoms with Gasteiger partial charge in [-0.15, -0.1) is 0 Å². The van der Waals surface area contributed by atoms with Crippen molar-refractivity contribution >= 4 is 0 Å². The highest BCUT2D eigenvalue weighted by atomic mass is 15.2. The van der Waals surface area contributed by atoms with Crippen molar-refractivity contribution in [3.63, 3.8) is 0 Å². The minimum atomic E-state index is 0.608. The summed E-state index contributed by atoms with van der Waals surface area (Å²) in [6.07, 6.45) is 1.28. The molecule has 1 fully saturated rings. The van der Waals surface area contributed by atoms with Gasteiger partial charge in [-0.2, -0.15) is 0 Å². The van der Waals surface area contributed by atoms with Crippen LogP contribution in [0.4, 0.5) is 0 Å². The van der Waals surface area contributed by atoms with Gasteiger partial charge in [0, 0.05) is 31.7 Å². The molecule has 2 rings (SSSR count). The first-order valence-corrected chi connectivity index (χ1v) is 7.16. The smallest absolute Gasteiger partial charge is 0.0237 e. The van der Waals surface area contributed by atoms with Crippen LogP contribution in [-0.4, -0.2) is 30.1 Å². The molecule has 1 aromatic carbocycles. The van der Waals surface area contributed by atoms with Crippen molar-refractivity contribution < 1.29 is 0 Å². The molecule has 1 saturated heterocycles. The van der Waals surface area contributed by atoms with Crippen LogP contribution in [-0.2, 0) is 6.54 Å². The van der Waals surface area contributed by atoms with Crippen LogP contribution in [0.3, 0.4) is 0 Å². The summed E-state index contributed by atoms with van der Waals surface area (Å²) in [7, 11) is 0. The van der Waals surface area contributed by atoms with E-state index in [-0.39, 0.29) is 0 Å². The minimum Gasteiger partial charge on any atom is -0.311 e. The molecule has 2 atom stereocenters. The fourth-order valence-corrected chi connectivity index (χ4v) is 2.82. The van der Waals surface area contributed by atoms with Crippen LogP contribution >= 0.6 is 0 Å². The van der Waals surface area contributed by atoms with E-state index in [1.54, 1.807) is 0 Å². The maximum absolute atomic E-state index is 3.61. The van der Waals surface area contributed by atoms with Crippen molar-refractivity contribution in [3.8, 4) is 0 Å². The maximum Gasteiger partial charge on any atom is 0.0237 e. The molecule has 100 valence electrons. The van der Waals surface area contributed by atoms with E-state index in [1.165, 1.54) is 12.0 Å².